The maximum Gasteiger partial charge on any atom is 0.0650 e. The molecule has 0 unspecified atom stereocenters. The van der Waals surface area contributed by atoms with E-state index in [2.05, 4.69) is 64.0 Å². The minimum atomic E-state index is 0.927. The highest BCUT2D eigenvalue weighted by atomic mass is 15.1. The van der Waals surface area contributed by atoms with E-state index in [4.69, 9.17) is 0 Å². The van der Waals surface area contributed by atoms with E-state index in [9.17, 15) is 0 Å². The van der Waals surface area contributed by atoms with Crippen LogP contribution in [-0.2, 0) is 6.42 Å². The Bertz CT molecular complexity index is 645. The van der Waals surface area contributed by atoms with E-state index in [0.717, 1.165) is 29.9 Å². The van der Waals surface area contributed by atoms with E-state index in [-0.39, 0.29) is 0 Å². The molecule has 1 heterocycles. The lowest BCUT2D eigenvalue weighted by Crippen LogP contribution is -2.04. The van der Waals surface area contributed by atoms with E-state index in [0.29, 0.717) is 0 Å². The van der Waals surface area contributed by atoms with Crippen LogP contribution in [0, 0.1) is 0 Å². The SMILES string of the molecule is c1ccc(CCNc2cccc(-c3ccn[nH]3)c2)cc1. The second kappa shape index (κ2) is 6.06. The molecule has 1 aromatic heterocycles. The third kappa shape index (κ3) is 3.06. The normalized spacial score (nSPS) is 10.4. The van der Waals surface area contributed by atoms with Gasteiger partial charge in [0.05, 0.1) is 5.69 Å². The van der Waals surface area contributed by atoms with Crippen molar-refractivity contribution in [2.75, 3.05) is 11.9 Å². The molecule has 0 radical (unpaired) electrons. The number of rotatable bonds is 5. The molecule has 100 valence electrons. The van der Waals surface area contributed by atoms with Crippen molar-refractivity contribution in [1.29, 1.82) is 0 Å². The molecule has 3 rings (SSSR count). The van der Waals surface area contributed by atoms with Crippen molar-refractivity contribution < 1.29 is 0 Å². The molecule has 0 spiro atoms. The number of H-pyrrole nitrogens is 1. The first-order valence-corrected chi connectivity index (χ1v) is 6.79. The molecule has 0 bridgehead atoms. The number of aromatic amines is 1. The molecular formula is C17H17N3. The summed E-state index contributed by atoms with van der Waals surface area (Å²) >= 11 is 0. The Morgan fingerprint density at radius 1 is 0.950 bits per heavy atom. The molecule has 0 saturated heterocycles. The van der Waals surface area contributed by atoms with Crippen LogP contribution in [0.3, 0.4) is 0 Å². The average Bonchev–Trinajstić information content (AvgIpc) is 3.03. The lowest BCUT2D eigenvalue weighted by atomic mass is 10.1. The molecule has 3 heteroatoms. The number of nitrogens with one attached hydrogen (secondary N) is 2. The Kier molecular flexibility index (Phi) is 3.78. The van der Waals surface area contributed by atoms with E-state index in [1.54, 1.807) is 6.20 Å². The number of anilines is 1. The minimum absolute atomic E-state index is 0.927. The first kappa shape index (κ1) is 12.5. The van der Waals surface area contributed by atoms with Gasteiger partial charge in [0.25, 0.3) is 0 Å². The molecule has 3 aromatic rings. The van der Waals surface area contributed by atoms with Gasteiger partial charge in [0, 0.05) is 24.0 Å². The van der Waals surface area contributed by atoms with Crippen molar-refractivity contribution in [2.24, 2.45) is 0 Å². The summed E-state index contributed by atoms with van der Waals surface area (Å²) < 4.78 is 0. The summed E-state index contributed by atoms with van der Waals surface area (Å²) in [7, 11) is 0. The maximum absolute atomic E-state index is 3.98. The summed E-state index contributed by atoms with van der Waals surface area (Å²) in [5, 5.41) is 10.4. The van der Waals surface area contributed by atoms with Crippen LogP contribution in [0.15, 0.2) is 66.9 Å². The minimum Gasteiger partial charge on any atom is -0.385 e. The van der Waals surface area contributed by atoms with Gasteiger partial charge >= 0.3 is 0 Å². The van der Waals surface area contributed by atoms with Crippen molar-refractivity contribution in [3.8, 4) is 11.3 Å². The highest BCUT2D eigenvalue weighted by molar-refractivity contribution is 5.64. The van der Waals surface area contributed by atoms with E-state index in [1.165, 1.54) is 5.56 Å². The molecule has 2 aromatic carbocycles. The van der Waals surface area contributed by atoms with Gasteiger partial charge < -0.3 is 5.32 Å². The van der Waals surface area contributed by atoms with Gasteiger partial charge in [0.1, 0.15) is 0 Å². The Morgan fingerprint density at radius 3 is 2.65 bits per heavy atom. The Balaban J connectivity index is 1.62. The molecule has 2 N–H and O–H groups in total. The van der Waals surface area contributed by atoms with Crippen LogP contribution in [0.2, 0.25) is 0 Å². The summed E-state index contributed by atoms with van der Waals surface area (Å²) in [6.07, 6.45) is 2.79. The maximum atomic E-state index is 3.98. The van der Waals surface area contributed by atoms with Gasteiger partial charge in [-0.25, -0.2) is 0 Å². The topological polar surface area (TPSA) is 40.7 Å². The molecule has 0 saturated carbocycles. The smallest absolute Gasteiger partial charge is 0.0650 e. The van der Waals surface area contributed by atoms with E-state index < -0.39 is 0 Å². The van der Waals surface area contributed by atoms with Gasteiger partial charge in [0.15, 0.2) is 0 Å². The Morgan fingerprint density at radius 2 is 1.85 bits per heavy atom. The van der Waals surface area contributed by atoms with E-state index >= 15 is 0 Å². The number of benzene rings is 2. The summed E-state index contributed by atoms with van der Waals surface area (Å²) in [6.45, 7) is 0.927. The van der Waals surface area contributed by atoms with Gasteiger partial charge in [-0.2, -0.15) is 5.10 Å². The van der Waals surface area contributed by atoms with Crippen molar-refractivity contribution >= 4 is 5.69 Å². The third-order valence-corrected chi connectivity index (χ3v) is 3.26. The van der Waals surface area contributed by atoms with Crippen LogP contribution in [0.4, 0.5) is 5.69 Å². The Labute approximate surface area is 118 Å². The predicted octanol–water partition coefficient (Wildman–Crippen LogP) is 3.73. The summed E-state index contributed by atoms with van der Waals surface area (Å²) in [5.41, 5.74) is 4.67. The number of nitrogens with zero attached hydrogens (tertiary/aromatic N) is 1. The molecule has 0 fully saturated rings. The van der Waals surface area contributed by atoms with Crippen LogP contribution < -0.4 is 5.32 Å². The molecule has 0 atom stereocenters. The fourth-order valence-electron chi connectivity index (χ4n) is 2.21. The molecule has 0 aliphatic rings. The molecule has 3 nitrogen and oxygen atoms in total. The van der Waals surface area contributed by atoms with Crippen LogP contribution >= 0.6 is 0 Å². The van der Waals surface area contributed by atoms with Crippen molar-refractivity contribution in [3.05, 3.63) is 72.4 Å². The van der Waals surface area contributed by atoms with Crippen LogP contribution in [0.5, 0.6) is 0 Å². The number of hydrogen-bond acceptors (Lipinski definition) is 2. The fraction of sp³-hybridized carbons (Fsp3) is 0.118. The lowest BCUT2D eigenvalue weighted by molar-refractivity contribution is 1.02. The zero-order valence-electron chi connectivity index (χ0n) is 11.2. The van der Waals surface area contributed by atoms with Gasteiger partial charge in [-0.05, 0) is 30.2 Å². The van der Waals surface area contributed by atoms with E-state index in [1.807, 2.05) is 12.1 Å². The zero-order valence-corrected chi connectivity index (χ0v) is 11.2. The summed E-state index contributed by atoms with van der Waals surface area (Å²) in [5.74, 6) is 0. The standard InChI is InChI=1S/C17H17N3/c1-2-5-14(6-3-1)9-11-18-16-8-4-7-15(13-16)17-10-12-19-20-17/h1-8,10,12-13,18H,9,11H2,(H,19,20). The molecule has 0 aliphatic heterocycles. The zero-order chi connectivity index (χ0) is 13.6. The van der Waals surface area contributed by atoms with Crippen LogP contribution in [0.1, 0.15) is 5.56 Å². The quantitative estimate of drug-likeness (QED) is 0.736. The van der Waals surface area contributed by atoms with Crippen molar-refractivity contribution in [2.45, 2.75) is 6.42 Å². The monoisotopic (exact) mass is 263 g/mol. The summed E-state index contributed by atoms with van der Waals surface area (Å²) in [6, 6.07) is 20.8. The molecule has 20 heavy (non-hydrogen) atoms. The third-order valence-electron chi connectivity index (χ3n) is 3.26. The number of hydrogen-bond donors (Lipinski definition) is 2. The largest absolute Gasteiger partial charge is 0.385 e. The van der Waals surface area contributed by atoms with Crippen LogP contribution in [-0.4, -0.2) is 16.7 Å². The summed E-state index contributed by atoms with van der Waals surface area (Å²) in [4.78, 5) is 0. The molecule has 0 amide bonds. The predicted molar refractivity (Wildman–Crippen MR) is 82.7 cm³/mol. The second-order valence-corrected chi connectivity index (χ2v) is 4.71. The lowest BCUT2D eigenvalue weighted by Gasteiger charge is -2.08. The van der Waals surface area contributed by atoms with Gasteiger partial charge in [-0.15, -0.1) is 0 Å². The van der Waals surface area contributed by atoms with Gasteiger partial charge in [0.2, 0.25) is 0 Å². The highest BCUT2D eigenvalue weighted by Crippen LogP contribution is 2.20. The van der Waals surface area contributed by atoms with Crippen molar-refractivity contribution in [1.82, 2.24) is 10.2 Å². The second-order valence-electron chi connectivity index (χ2n) is 4.71. The average molecular weight is 263 g/mol. The van der Waals surface area contributed by atoms with Crippen LogP contribution in [0.25, 0.3) is 11.3 Å². The fourth-order valence-corrected chi connectivity index (χ4v) is 2.21. The first-order valence-electron chi connectivity index (χ1n) is 6.79. The molecular weight excluding hydrogens is 246 g/mol. The highest BCUT2D eigenvalue weighted by Gasteiger charge is 2.00. The number of aromatic nitrogens is 2. The van der Waals surface area contributed by atoms with Crippen molar-refractivity contribution in [3.63, 3.8) is 0 Å². The van der Waals surface area contributed by atoms with Gasteiger partial charge in [-0.3, -0.25) is 5.10 Å². The molecule has 0 aliphatic carbocycles. The van der Waals surface area contributed by atoms with Gasteiger partial charge in [-0.1, -0.05) is 42.5 Å². The first-order chi connectivity index (χ1) is 9.92. The Hall–Kier alpha value is -2.55.